The van der Waals surface area contributed by atoms with Crippen LogP contribution in [0.15, 0.2) is 65.1 Å². The molecule has 0 bridgehead atoms. The monoisotopic (exact) mass is 512 g/mol. The third kappa shape index (κ3) is 5.33. The van der Waals surface area contributed by atoms with E-state index in [0.29, 0.717) is 38.3 Å². The van der Waals surface area contributed by atoms with E-state index >= 15 is 0 Å². The molecule has 6 nitrogen and oxygen atoms in total. The van der Waals surface area contributed by atoms with Crippen molar-refractivity contribution in [1.29, 1.82) is 0 Å². The van der Waals surface area contributed by atoms with Gasteiger partial charge in [0.2, 0.25) is 5.89 Å². The second kappa shape index (κ2) is 10.4. The molecule has 0 saturated carbocycles. The molecule has 4 aromatic rings. The minimum absolute atomic E-state index is 0.145. The topological polar surface area (TPSA) is 70.4 Å². The molecule has 0 aliphatic heterocycles. The summed E-state index contributed by atoms with van der Waals surface area (Å²) in [6.45, 7) is 6.16. The average molecular weight is 513 g/mol. The number of aromatic nitrogens is 1. The maximum atomic E-state index is 12.4. The number of oxazole rings is 1. The van der Waals surface area contributed by atoms with Crippen LogP contribution in [0.2, 0.25) is 10.0 Å². The molecule has 0 aliphatic rings. The van der Waals surface area contributed by atoms with Crippen molar-refractivity contribution in [2.45, 2.75) is 13.8 Å². The predicted octanol–water partition coefficient (Wildman–Crippen LogP) is 6.77. The van der Waals surface area contributed by atoms with E-state index in [-0.39, 0.29) is 5.11 Å². The highest BCUT2D eigenvalue weighted by atomic mass is 35.5. The number of hydrogen-bond donors (Lipinski definition) is 2. The van der Waals surface area contributed by atoms with Gasteiger partial charge in [0.1, 0.15) is 5.52 Å². The number of nitrogens with one attached hydrogen (secondary N) is 2. The summed E-state index contributed by atoms with van der Waals surface area (Å²) in [4.78, 5) is 19.3. The van der Waals surface area contributed by atoms with Gasteiger partial charge >= 0.3 is 0 Å². The molecule has 1 amide bonds. The van der Waals surface area contributed by atoms with Crippen molar-refractivity contribution in [3.63, 3.8) is 0 Å². The van der Waals surface area contributed by atoms with Crippen molar-refractivity contribution in [2.24, 2.45) is 0 Å². The van der Waals surface area contributed by atoms with Crippen LogP contribution in [0.25, 0.3) is 22.6 Å². The first-order chi connectivity index (χ1) is 16.4. The zero-order valence-corrected chi connectivity index (χ0v) is 20.9. The highest BCUT2D eigenvalue weighted by Crippen LogP contribution is 2.28. The number of nitrogens with zero attached hydrogens (tertiary/aromatic N) is 2. The third-order valence-corrected chi connectivity index (χ3v) is 6.24. The maximum absolute atomic E-state index is 12.4. The quantitative estimate of drug-likeness (QED) is 0.277. The van der Waals surface area contributed by atoms with Gasteiger partial charge in [0.15, 0.2) is 10.7 Å². The summed E-state index contributed by atoms with van der Waals surface area (Å²) in [6, 6.07) is 18.2. The molecule has 0 atom stereocenters. The van der Waals surface area contributed by atoms with E-state index in [1.165, 1.54) is 6.07 Å². The lowest BCUT2D eigenvalue weighted by Crippen LogP contribution is -2.34. The summed E-state index contributed by atoms with van der Waals surface area (Å²) in [6.07, 6.45) is 0. The van der Waals surface area contributed by atoms with Crippen LogP contribution >= 0.6 is 35.4 Å². The van der Waals surface area contributed by atoms with Crippen LogP contribution < -0.4 is 15.5 Å². The molecule has 0 spiro atoms. The molecule has 1 aromatic heterocycles. The zero-order chi connectivity index (χ0) is 24.2. The Bertz CT molecular complexity index is 1350. The first kappa shape index (κ1) is 24.0. The van der Waals surface area contributed by atoms with Crippen molar-refractivity contribution in [3.05, 3.63) is 76.3 Å². The standard InChI is InChI=1S/C25H22Cl2N4O2S/c1-3-31(4-2)18-9-5-15(6-10-18)24-29-21-14-17(8-12-22(21)33-24)28-25(34)30-23(32)16-7-11-19(26)20(27)13-16/h5-14H,3-4H2,1-2H3,(H2,28,30,32,34). The van der Waals surface area contributed by atoms with E-state index in [1.807, 2.05) is 24.3 Å². The van der Waals surface area contributed by atoms with Crippen molar-refractivity contribution in [2.75, 3.05) is 23.3 Å². The van der Waals surface area contributed by atoms with Gasteiger partial charge in [-0.25, -0.2) is 4.98 Å². The highest BCUT2D eigenvalue weighted by Gasteiger charge is 2.13. The van der Waals surface area contributed by atoms with E-state index in [9.17, 15) is 4.79 Å². The minimum atomic E-state index is -0.394. The number of anilines is 2. The maximum Gasteiger partial charge on any atom is 0.257 e. The van der Waals surface area contributed by atoms with E-state index in [1.54, 1.807) is 18.2 Å². The fourth-order valence-corrected chi connectivity index (χ4v) is 4.02. The van der Waals surface area contributed by atoms with Gasteiger partial charge < -0.3 is 14.6 Å². The molecule has 0 aliphatic carbocycles. The van der Waals surface area contributed by atoms with Gasteiger partial charge in [0, 0.05) is 35.6 Å². The number of halogens is 2. The number of carbonyl (C=O) groups is 1. The Morgan fingerprint density at radius 3 is 2.41 bits per heavy atom. The van der Waals surface area contributed by atoms with Crippen molar-refractivity contribution in [1.82, 2.24) is 10.3 Å². The molecule has 0 fully saturated rings. The lowest BCUT2D eigenvalue weighted by molar-refractivity contribution is 0.0977. The molecule has 0 saturated heterocycles. The van der Waals surface area contributed by atoms with E-state index in [2.05, 4.69) is 46.5 Å². The largest absolute Gasteiger partial charge is 0.436 e. The molecule has 1 heterocycles. The minimum Gasteiger partial charge on any atom is -0.436 e. The zero-order valence-electron chi connectivity index (χ0n) is 18.6. The van der Waals surface area contributed by atoms with Crippen molar-refractivity contribution >= 4 is 68.9 Å². The SMILES string of the molecule is CCN(CC)c1ccc(-c2nc3cc(NC(=S)NC(=O)c4ccc(Cl)c(Cl)c4)ccc3o2)cc1. The van der Waals surface area contributed by atoms with Gasteiger partial charge in [0.05, 0.1) is 10.0 Å². The smallest absolute Gasteiger partial charge is 0.257 e. The normalized spacial score (nSPS) is 10.8. The van der Waals surface area contributed by atoms with E-state index in [0.717, 1.165) is 24.3 Å². The summed E-state index contributed by atoms with van der Waals surface area (Å²) >= 11 is 17.2. The third-order valence-electron chi connectivity index (χ3n) is 5.30. The number of benzene rings is 3. The molecule has 34 heavy (non-hydrogen) atoms. The van der Waals surface area contributed by atoms with E-state index in [4.69, 9.17) is 39.8 Å². The predicted molar refractivity (Wildman–Crippen MR) is 143 cm³/mol. The van der Waals surface area contributed by atoms with Crippen LogP contribution in [0.4, 0.5) is 11.4 Å². The van der Waals surface area contributed by atoms with Gasteiger partial charge in [0.25, 0.3) is 5.91 Å². The van der Waals surface area contributed by atoms with Gasteiger partial charge in [-0.3, -0.25) is 10.1 Å². The number of carbonyl (C=O) groups excluding carboxylic acids is 1. The Kier molecular flexibility index (Phi) is 7.36. The first-order valence-corrected chi connectivity index (χ1v) is 11.9. The Balaban J connectivity index is 1.46. The van der Waals surface area contributed by atoms with Gasteiger partial charge in [-0.15, -0.1) is 0 Å². The Morgan fingerprint density at radius 2 is 1.74 bits per heavy atom. The van der Waals surface area contributed by atoms with Crippen LogP contribution in [-0.4, -0.2) is 29.1 Å². The van der Waals surface area contributed by atoms with Gasteiger partial charge in [-0.2, -0.15) is 0 Å². The summed E-state index contributed by atoms with van der Waals surface area (Å²) in [5, 5.41) is 6.44. The molecular weight excluding hydrogens is 491 g/mol. The van der Waals surface area contributed by atoms with Crippen LogP contribution in [-0.2, 0) is 0 Å². The lowest BCUT2D eigenvalue weighted by atomic mass is 10.2. The lowest BCUT2D eigenvalue weighted by Gasteiger charge is -2.20. The summed E-state index contributed by atoms with van der Waals surface area (Å²) in [7, 11) is 0. The average Bonchev–Trinajstić information content (AvgIpc) is 3.25. The number of amides is 1. The van der Waals surface area contributed by atoms with Gasteiger partial charge in [-0.1, -0.05) is 23.2 Å². The van der Waals surface area contributed by atoms with Crippen molar-refractivity contribution < 1.29 is 9.21 Å². The number of thiocarbonyl (C=S) groups is 1. The fourth-order valence-electron chi connectivity index (χ4n) is 3.51. The van der Waals surface area contributed by atoms with Crippen LogP contribution in [0, 0.1) is 0 Å². The molecular formula is C25H22Cl2N4O2S. The molecule has 174 valence electrons. The Hall–Kier alpha value is -3.13. The summed E-state index contributed by atoms with van der Waals surface area (Å²) < 4.78 is 5.93. The molecule has 9 heteroatoms. The summed E-state index contributed by atoms with van der Waals surface area (Å²) in [5.41, 5.74) is 4.40. The van der Waals surface area contributed by atoms with Crippen LogP contribution in [0.3, 0.4) is 0 Å². The summed E-state index contributed by atoms with van der Waals surface area (Å²) in [5.74, 6) is 0.141. The Labute approximate surface area is 212 Å². The molecule has 4 rings (SSSR count). The Morgan fingerprint density at radius 1 is 1.00 bits per heavy atom. The van der Waals surface area contributed by atoms with Crippen LogP contribution in [0.5, 0.6) is 0 Å². The van der Waals surface area contributed by atoms with Crippen molar-refractivity contribution in [3.8, 4) is 11.5 Å². The second-order valence-electron chi connectivity index (χ2n) is 7.46. The number of rotatable bonds is 6. The molecule has 3 aromatic carbocycles. The fraction of sp³-hybridized carbons (Fsp3) is 0.160. The van der Waals surface area contributed by atoms with Gasteiger partial charge in [-0.05, 0) is 86.7 Å². The molecule has 0 radical (unpaired) electrons. The number of fused-ring (bicyclic) bond motifs is 1. The second-order valence-corrected chi connectivity index (χ2v) is 8.68. The van der Waals surface area contributed by atoms with Crippen LogP contribution in [0.1, 0.15) is 24.2 Å². The highest BCUT2D eigenvalue weighted by molar-refractivity contribution is 7.80. The molecule has 0 unspecified atom stereocenters. The number of hydrogen-bond acceptors (Lipinski definition) is 5. The molecule has 2 N–H and O–H groups in total. The first-order valence-electron chi connectivity index (χ1n) is 10.7. The van der Waals surface area contributed by atoms with E-state index < -0.39 is 5.91 Å².